The van der Waals surface area contributed by atoms with Gasteiger partial charge >= 0.3 is 0 Å². The van der Waals surface area contributed by atoms with Gasteiger partial charge < -0.3 is 16.2 Å². The Morgan fingerprint density at radius 3 is 2.70 bits per heavy atom. The van der Waals surface area contributed by atoms with Crippen LogP contribution < -0.4 is 11.1 Å². The SMILES string of the molecule is CC(CC(=O)NCCSCCCO)c1ccc(N)cc1. The number of hydrogen-bond acceptors (Lipinski definition) is 4. The van der Waals surface area contributed by atoms with Crippen LogP contribution in [0.4, 0.5) is 5.69 Å². The molecule has 20 heavy (non-hydrogen) atoms. The zero-order chi connectivity index (χ0) is 14.8. The first-order valence-corrected chi connectivity index (χ1v) is 8.09. The number of anilines is 1. The van der Waals surface area contributed by atoms with Crippen molar-refractivity contribution in [3.8, 4) is 0 Å². The number of nitrogens with one attached hydrogen (secondary N) is 1. The quantitative estimate of drug-likeness (QED) is 0.481. The molecule has 0 bridgehead atoms. The van der Waals surface area contributed by atoms with Gasteiger partial charge in [0, 0.05) is 31.0 Å². The van der Waals surface area contributed by atoms with Crippen molar-refractivity contribution in [2.75, 3.05) is 30.4 Å². The van der Waals surface area contributed by atoms with Crippen LogP contribution in [-0.4, -0.2) is 35.7 Å². The van der Waals surface area contributed by atoms with Crippen LogP contribution in [0, 0.1) is 0 Å². The summed E-state index contributed by atoms with van der Waals surface area (Å²) in [6, 6.07) is 7.67. The average Bonchev–Trinajstić information content (AvgIpc) is 2.43. The number of aliphatic hydroxyl groups excluding tert-OH is 1. The van der Waals surface area contributed by atoms with E-state index < -0.39 is 0 Å². The molecule has 1 aromatic rings. The second-order valence-electron chi connectivity index (χ2n) is 4.81. The molecule has 1 amide bonds. The van der Waals surface area contributed by atoms with Crippen molar-refractivity contribution >= 4 is 23.4 Å². The lowest BCUT2D eigenvalue weighted by molar-refractivity contribution is -0.121. The second kappa shape index (κ2) is 9.66. The maximum atomic E-state index is 11.8. The smallest absolute Gasteiger partial charge is 0.220 e. The van der Waals surface area contributed by atoms with Crippen LogP contribution >= 0.6 is 11.8 Å². The predicted octanol–water partition coefficient (Wildman–Crippen LogP) is 1.99. The fourth-order valence-electron chi connectivity index (χ4n) is 1.82. The maximum absolute atomic E-state index is 11.8. The molecule has 0 aliphatic carbocycles. The van der Waals surface area contributed by atoms with Gasteiger partial charge in [0.15, 0.2) is 0 Å². The maximum Gasteiger partial charge on any atom is 0.220 e. The second-order valence-corrected chi connectivity index (χ2v) is 6.04. The van der Waals surface area contributed by atoms with E-state index in [4.69, 9.17) is 10.8 Å². The van der Waals surface area contributed by atoms with E-state index >= 15 is 0 Å². The highest BCUT2D eigenvalue weighted by Crippen LogP contribution is 2.19. The monoisotopic (exact) mass is 296 g/mol. The van der Waals surface area contributed by atoms with Crippen molar-refractivity contribution < 1.29 is 9.90 Å². The van der Waals surface area contributed by atoms with Crippen molar-refractivity contribution in [3.63, 3.8) is 0 Å². The lowest BCUT2D eigenvalue weighted by Gasteiger charge is -2.12. The summed E-state index contributed by atoms with van der Waals surface area (Å²) in [7, 11) is 0. The molecule has 0 aliphatic rings. The minimum Gasteiger partial charge on any atom is -0.399 e. The number of nitrogens with two attached hydrogens (primary N) is 1. The Morgan fingerprint density at radius 2 is 2.05 bits per heavy atom. The molecule has 4 N–H and O–H groups in total. The normalized spacial score (nSPS) is 12.1. The minimum absolute atomic E-state index is 0.0806. The Morgan fingerprint density at radius 1 is 1.35 bits per heavy atom. The molecule has 1 aromatic carbocycles. The Kier molecular flexibility index (Phi) is 8.14. The molecule has 0 radical (unpaired) electrons. The van der Waals surface area contributed by atoms with Crippen molar-refractivity contribution in [1.82, 2.24) is 5.32 Å². The zero-order valence-electron chi connectivity index (χ0n) is 12.0. The highest BCUT2D eigenvalue weighted by Gasteiger charge is 2.10. The molecular formula is C15H24N2O2S. The van der Waals surface area contributed by atoms with Crippen molar-refractivity contribution in [1.29, 1.82) is 0 Å². The van der Waals surface area contributed by atoms with E-state index in [0.29, 0.717) is 13.0 Å². The van der Waals surface area contributed by atoms with Crippen molar-refractivity contribution in [3.05, 3.63) is 29.8 Å². The number of aliphatic hydroxyl groups is 1. The van der Waals surface area contributed by atoms with Crippen LogP contribution in [0.25, 0.3) is 0 Å². The summed E-state index contributed by atoms with van der Waals surface area (Å²) in [6.45, 7) is 2.96. The summed E-state index contributed by atoms with van der Waals surface area (Å²) in [5, 5.41) is 11.6. The first kappa shape index (κ1) is 16.9. The van der Waals surface area contributed by atoms with E-state index in [9.17, 15) is 4.79 Å². The first-order chi connectivity index (χ1) is 9.63. The lowest BCUT2D eigenvalue weighted by Crippen LogP contribution is -2.26. The molecular weight excluding hydrogens is 272 g/mol. The molecule has 0 spiro atoms. The van der Waals surface area contributed by atoms with Gasteiger partial charge in [-0.1, -0.05) is 19.1 Å². The number of nitrogen functional groups attached to an aromatic ring is 1. The molecule has 0 aromatic heterocycles. The molecule has 0 saturated carbocycles. The average molecular weight is 296 g/mol. The molecule has 1 atom stereocenters. The summed E-state index contributed by atoms with van der Waals surface area (Å²) < 4.78 is 0. The van der Waals surface area contributed by atoms with E-state index in [2.05, 4.69) is 5.32 Å². The molecule has 0 fully saturated rings. The van der Waals surface area contributed by atoms with Crippen molar-refractivity contribution in [2.45, 2.75) is 25.7 Å². The van der Waals surface area contributed by atoms with Gasteiger partial charge in [0.2, 0.25) is 5.91 Å². The van der Waals surface area contributed by atoms with E-state index in [1.165, 1.54) is 0 Å². The third kappa shape index (κ3) is 6.82. The number of benzene rings is 1. The van der Waals surface area contributed by atoms with Gasteiger partial charge in [0.05, 0.1) is 0 Å². The first-order valence-electron chi connectivity index (χ1n) is 6.94. The third-order valence-electron chi connectivity index (χ3n) is 3.01. The topological polar surface area (TPSA) is 75.3 Å². The molecule has 1 unspecified atom stereocenters. The van der Waals surface area contributed by atoms with Crippen LogP contribution in [-0.2, 0) is 4.79 Å². The van der Waals surface area contributed by atoms with Gasteiger partial charge in [-0.05, 0) is 35.8 Å². The van der Waals surface area contributed by atoms with E-state index in [1.807, 2.05) is 31.2 Å². The standard InChI is InChI=1S/C15H24N2O2S/c1-12(13-3-5-14(16)6-4-13)11-15(19)17-7-10-20-9-2-8-18/h3-6,12,18H,2,7-11,16H2,1H3,(H,17,19). The molecule has 0 heterocycles. The summed E-state index contributed by atoms with van der Waals surface area (Å²) in [5.41, 5.74) is 7.52. The van der Waals surface area contributed by atoms with E-state index in [1.54, 1.807) is 11.8 Å². The van der Waals surface area contributed by atoms with E-state index in [0.717, 1.165) is 29.2 Å². The van der Waals surface area contributed by atoms with Gasteiger partial charge in [0.1, 0.15) is 0 Å². The molecule has 4 nitrogen and oxygen atoms in total. The fraction of sp³-hybridized carbons (Fsp3) is 0.533. The highest BCUT2D eigenvalue weighted by atomic mass is 32.2. The number of carbonyl (C=O) groups is 1. The Hall–Kier alpha value is -1.20. The van der Waals surface area contributed by atoms with Crippen LogP contribution in [0.1, 0.15) is 31.2 Å². The molecule has 5 heteroatoms. The van der Waals surface area contributed by atoms with Crippen LogP contribution in [0.15, 0.2) is 24.3 Å². The highest BCUT2D eigenvalue weighted by molar-refractivity contribution is 7.99. The van der Waals surface area contributed by atoms with Gasteiger partial charge in [-0.3, -0.25) is 4.79 Å². The van der Waals surface area contributed by atoms with Crippen LogP contribution in [0.5, 0.6) is 0 Å². The minimum atomic E-state index is 0.0806. The third-order valence-corrected chi connectivity index (χ3v) is 4.08. The number of amides is 1. The Labute approximate surface area is 125 Å². The van der Waals surface area contributed by atoms with Gasteiger partial charge in [0.25, 0.3) is 0 Å². The van der Waals surface area contributed by atoms with Gasteiger partial charge in [-0.25, -0.2) is 0 Å². The predicted molar refractivity (Wildman–Crippen MR) is 85.9 cm³/mol. The lowest BCUT2D eigenvalue weighted by atomic mass is 9.97. The summed E-state index contributed by atoms with van der Waals surface area (Å²) >= 11 is 1.75. The van der Waals surface area contributed by atoms with E-state index in [-0.39, 0.29) is 18.4 Å². The van der Waals surface area contributed by atoms with Crippen molar-refractivity contribution in [2.24, 2.45) is 0 Å². The number of thioether (sulfide) groups is 1. The van der Waals surface area contributed by atoms with Gasteiger partial charge in [-0.2, -0.15) is 11.8 Å². The van der Waals surface area contributed by atoms with Crippen LogP contribution in [0.2, 0.25) is 0 Å². The molecule has 112 valence electrons. The molecule has 0 aliphatic heterocycles. The Bertz CT molecular complexity index is 395. The zero-order valence-corrected chi connectivity index (χ0v) is 12.8. The molecule has 0 saturated heterocycles. The Balaban J connectivity index is 2.19. The number of hydrogen-bond donors (Lipinski definition) is 3. The summed E-state index contributed by atoms with van der Waals surface area (Å²) in [4.78, 5) is 11.8. The summed E-state index contributed by atoms with van der Waals surface area (Å²) in [6.07, 6.45) is 1.30. The fourth-order valence-corrected chi connectivity index (χ4v) is 2.61. The molecule has 1 rings (SSSR count). The largest absolute Gasteiger partial charge is 0.399 e. The summed E-state index contributed by atoms with van der Waals surface area (Å²) in [5.74, 6) is 2.10. The number of rotatable bonds is 9. The van der Waals surface area contributed by atoms with Crippen LogP contribution in [0.3, 0.4) is 0 Å². The number of carbonyl (C=O) groups excluding carboxylic acids is 1. The van der Waals surface area contributed by atoms with Gasteiger partial charge in [-0.15, -0.1) is 0 Å².